The van der Waals surface area contributed by atoms with E-state index < -0.39 is 12.9 Å². The summed E-state index contributed by atoms with van der Waals surface area (Å²) in [6.07, 6.45) is 1.000. The van der Waals surface area contributed by atoms with E-state index in [0.29, 0.717) is 32.1 Å². The third kappa shape index (κ3) is 2.32. The van der Waals surface area contributed by atoms with Gasteiger partial charge < -0.3 is 19.7 Å². The summed E-state index contributed by atoms with van der Waals surface area (Å²) in [7, 11) is -1.82. The second kappa shape index (κ2) is 4.77. The Balaban J connectivity index is 2.24. The fourth-order valence-corrected chi connectivity index (χ4v) is 1.61. The van der Waals surface area contributed by atoms with E-state index in [1.807, 2.05) is 4.90 Å². The molecule has 1 saturated heterocycles. The molecule has 5 nitrogen and oxygen atoms in total. The molecule has 1 fully saturated rings. The van der Waals surface area contributed by atoms with Gasteiger partial charge in [0.15, 0.2) is 0 Å². The maximum Gasteiger partial charge on any atom is 0.491 e. The zero-order chi connectivity index (χ0) is 11.5. The van der Waals surface area contributed by atoms with Gasteiger partial charge in [-0.05, 0) is 6.07 Å². The summed E-state index contributed by atoms with van der Waals surface area (Å²) in [5.41, 5.74) is -0.156. The van der Waals surface area contributed by atoms with Crippen LogP contribution in [0.5, 0.6) is 0 Å². The third-order valence-electron chi connectivity index (χ3n) is 2.48. The molecule has 0 saturated carbocycles. The Bertz CT molecular complexity index is 372. The lowest BCUT2D eigenvalue weighted by Gasteiger charge is -2.28. The summed E-state index contributed by atoms with van der Waals surface area (Å²) >= 11 is 0. The molecule has 1 aliphatic heterocycles. The zero-order valence-electron chi connectivity index (χ0n) is 8.64. The highest BCUT2D eigenvalue weighted by Gasteiger charge is 2.20. The van der Waals surface area contributed by atoms with Crippen LogP contribution in [-0.4, -0.2) is 48.5 Å². The summed E-state index contributed by atoms with van der Waals surface area (Å²) in [5.74, 6) is -0.181. The Kier molecular flexibility index (Phi) is 3.38. The van der Waals surface area contributed by atoms with Crippen LogP contribution in [0.2, 0.25) is 0 Å². The van der Waals surface area contributed by atoms with Crippen molar-refractivity contribution in [3.63, 3.8) is 0 Å². The van der Waals surface area contributed by atoms with Gasteiger partial charge in [0.2, 0.25) is 0 Å². The zero-order valence-corrected chi connectivity index (χ0v) is 8.64. The number of pyridine rings is 1. The first kappa shape index (κ1) is 11.3. The van der Waals surface area contributed by atoms with Crippen molar-refractivity contribution in [2.24, 2.45) is 0 Å². The van der Waals surface area contributed by atoms with Gasteiger partial charge in [0.25, 0.3) is 0 Å². The number of halogens is 1. The quantitative estimate of drug-likeness (QED) is 0.616. The average molecular weight is 226 g/mol. The van der Waals surface area contributed by atoms with Crippen LogP contribution in [0.15, 0.2) is 12.3 Å². The largest absolute Gasteiger partial charge is 0.491 e. The van der Waals surface area contributed by atoms with Gasteiger partial charge in [-0.3, -0.25) is 0 Å². The average Bonchev–Trinajstić information content (AvgIpc) is 2.30. The van der Waals surface area contributed by atoms with Crippen molar-refractivity contribution in [1.82, 2.24) is 4.98 Å². The number of aromatic nitrogens is 1. The van der Waals surface area contributed by atoms with E-state index in [1.54, 1.807) is 0 Å². The molecule has 1 aromatic heterocycles. The van der Waals surface area contributed by atoms with Crippen LogP contribution < -0.4 is 10.4 Å². The summed E-state index contributed by atoms with van der Waals surface area (Å²) in [6.45, 7) is 2.52. The van der Waals surface area contributed by atoms with Crippen LogP contribution in [0.25, 0.3) is 0 Å². The fraction of sp³-hybridized carbons (Fsp3) is 0.444. The van der Waals surface area contributed by atoms with Crippen molar-refractivity contribution in [2.75, 3.05) is 31.2 Å². The van der Waals surface area contributed by atoms with Crippen LogP contribution in [-0.2, 0) is 4.74 Å². The van der Waals surface area contributed by atoms with E-state index >= 15 is 0 Å². The molecule has 0 radical (unpaired) electrons. The molecule has 0 amide bonds. The van der Waals surface area contributed by atoms with Crippen LogP contribution in [0.3, 0.4) is 0 Å². The minimum atomic E-state index is -1.82. The molecule has 0 atom stereocenters. The molecular weight excluding hydrogens is 214 g/mol. The second-order valence-electron chi connectivity index (χ2n) is 3.54. The number of hydrogen-bond acceptors (Lipinski definition) is 5. The van der Waals surface area contributed by atoms with E-state index in [0.717, 1.165) is 6.20 Å². The van der Waals surface area contributed by atoms with Gasteiger partial charge in [0.05, 0.1) is 19.4 Å². The summed E-state index contributed by atoms with van der Waals surface area (Å²) in [6, 6.07) is 1.35. The van der Waals surface area contributed by atoms with Crippen LogP contribution >= 0.6 is 0 Å². The number of nitrogens with zero attached hydrogens (tertiary/aromatic N) is 2. The van der Waals surface area contributed by atoms with E-state index in [2.05, 4.69) is 4.98 Å². The lowest BCUT2D eigenvalue weighted by Crippen LogP contribution is -2.39. The van der Waals surface area contributed by atoms with Gasteiger partial charge in [-0.1, -0.05) is 0 Å². The van der Waals surface area contributed by atoms with Crippen LogP contribution in [0.4, 0.5) is 10.2 Å². The fourth-order valence-electron chi connectivity index (χ4n) is 1.61. The van der Waals surface area contributed by atoms with Gasteiger partial charge >= 0.3 is 7.12 Å². The normalized spacial score (nSPS) is 16.3. The SMILES string of the molecule is OB(O)c1cc(N2CCOCC2)ncc1F. The molecule has 2 rings (SSSR count). The molecule has 2 N–H and O–H groups in total. The smallest absolute Gasteiger partial charge is 0.423 e. The predicted molar refractivity (Wildman–Crippen MR) is 57.1 cm³/mol. The number of anilines is 1. The number of rotatable bonds is 2. The lowest BCUT2D eigenvalue weighted by atomic mass is 9.80. The molecule has 0 spiro atoms. The first-order valence-electron chi connectivity index (χ1n) is 5.03. The summed E-state index contributed by atoms with van der Waals surface area (Å²) < 4.78 is 18.3. The first-order valence-corrected chi connectivity index (χ1v) is 5.03. The molecule has 16 heavy (non-hydrogen) atoms. The van der Waals surface area contributed by atoms with Crippen LogP contribution in [0, 0.1) is 5.82 Å². The highest BCUT2D eigenvalue weighted by atomic mass is 19.1. The Hall–Kier alpha value is -1.18. The molecular formula is C9H12BFN2O3. The minimum absolute atomic E-state index is 0.156. The van der Waals surface area contributed by atoms with Crippen molar-refractivity contribution in [3.05, 3.63) is 18.1 Å². The molecule has 0 aliphatic carbocycles. The number of morpholine rings is 1. The van der Waals surface area contributed by atoms with Crippen molar-refractivity contribution in [1.29, 1.82) is 0 Å². The lowest BCUT2D eigenvalue weighted by molar-refractivity contribution is 0.122. The van der Waals surface area contributed by atoms with Crippen molar-refractivity contribution < 1.29 is 19.2 Å². The van der Waals surface area contributed by atoms with E-state index in [9.17, 15) is 4.39 Å². The molecule has 0 aromatic carbocycles. The van der Waals surface area contributed by atoms with Gasteiger partial charge in [-0.2, -0.15) is 0 Å². The van der Waals surface area contributed by atoms with Crippen LogP contribution in [0.1, 0.15) is 0 Å². The Morgan fingerprint density at radius 3 is 2.69 bits per heavy atom. The highest BCUT2D eigenvalue weighted by molar-refractivity contribution is 6.58. The van der Waals surface area contributed by atoms with Crippen molar-refractivity contribution in [3.8, 4) is 0 Å². The monoisotopic (exact) mass is 226 g/mol. The van der Waals surface area contributed by atoms with E-state index in [4.69, 9.17) is 14.8 Å². The highest BCUT2D eigenvalue weighted by Crippen LogP contribution is 2.11. The molecule has 2 heterocycles. The maximum atomic E-state index is 13.2. The summed E-state index contributed by atoms with van der Waals surface area (Å²) in [5, 5.41) is 17.9. The first-order chi connectivity index (χ1) is 7.68. The molecule has 1 aliphatic rings. The number of hydrogen-bond donors (Lipinski definition) is 2. The van der Waals surface area contributed by atoms with E-state index in [-0.39, 0.29) is 5.46 Å². The van der Waals surface area contributed by atoms with Gasteiger partial charge in [0, 0.05) is 18.6 Å². The van der Waals surface area contributed by atoms with Crippen molar-refractivity contribution >= 4 is 18.4 Å². The standard InChI is InChI=1S/C9H12BFN2O3/c11-8-6-12-9(5-7(8)10(14)15)13-1-3-16-4-2-13/h5-6,14-15H,1-4H2. The predicted octanol–water partition coefficient (Wildman–Crippen LogP) is -1.26. The Morgan fingerprint density at radius 1 is 1.38 bits per heavy atom. The molecule has 0 unspecified atom stereocenters. The second-order valence-corrected chi connectivity index (χ2v) is 3.54. The Morgan fingerprint density at radius 2 is 2.06 bits per heavy atom. The van der Waals surface area contributed by atoms with Gasteiger partial charge in [-0.15, -0.1) is 0 Å². The topological polar surface area (TPSA) is 65.8 Å². The maximum absolute atomic E-state index is 13.2. The minimum Gasteiger partial charge on any atom is -0.423 e. The van der Waals surface area contributed by atoms with Crippen molar-refractivity contribution in [2.45, 2.75) is 0 Å². The molecule has 0 bridgehead atoms. The molecule has 1 aromatic rings. The summed E-state index contributed by atoms with van der Waals surface area (Å²) in [4.78, 5) is 5.83. The number of ether oxygens (including phenoxy) is 1. The van der Waals surface area contributed by atoms with E-state index in [1.165, 1.54) is 6.07 Å². The van der Waals surface area contributed by atoms with Gasteiger partial charge in [-0.25, -0.2) is 9.37 Å². The Labute approximate surface area is 92.6 Å². The molecule has 86 valence electrons. The third-order valence-corrected chi connectivity index (χ3v) is 2.48. The van der Waals surface area contributed by atoms with Gasteiger partial charge in [0.1, 0.15) is 11.6 Å². The molecule has 7 heteroatoms.